The van der Waals surface area contributed by atoms with Crippen LogP contribution in [-0.4, -0.2) is 26.3 Å². The van der Waals surface area contributed by atoms with Crippen LogP contribution in [0.15, 0.2) is 35.2 Å². The van der Waals surface area contributed by atoms with E-state index in [9.17, 15) is 0 Å². The Hall–Kier alpha value is -1.95. The highest BCUT2D eigenvalue weighted by Crippen LogP contribution is 2.37. The van der Waals surface area contributed by atoms with Crippen molar-refractivity contribution in [1.82, 2.24) is 19.7 Å². The fourth-order valence-electron chi connectivity index (χ4n) is 2.76. The minimum Gasteiger partial charge on any atom is -0.325 e. The zero-order valence-electron chi connectivity index (χ0n) is 10.9. The Bertz CT molecular complexity index is 810. The van der Waals surface area contributed by atoms with Crippen molar-refractivity contribution in [3.63, 3.8) is 0 Å². The lowest BCUT2D eigenvalue weighted by Crippen LogP contribution is -2.15. The van der Waals surface area contributed by atoms with Gasteiger partial charge in [0.15, 0.2) is 5.65 Å². The zero-order valence-corrected chi connectivity index (χ0v) is 12.5. The third kappa shape index (κ3) is 1.64. The summed E-state index contributed by atoms with van der Waals surface area (Å²) < 4.78 is 2.89. The van der Waals surface area contributed by atoms with Crippen LogP contribution >= 0.6 is 15.9 Å². The molecule has 100 valence electrons. The quantitative estimate of drug-likeness (QED) is 0.688. The van der Waals surface area contributed by atoms with E-state index in [0.29, 0.717) is 0 Å². The molecule has 0 saturated heterocycles. The molecule has 1 aromatic carbocycles. The molecule has 5 nitrogen and oxygen atoms in total. The van der Waals surface area contributed by atoms with E-state index in [-0.39, 0.29) is 0 Å². The molecule has 0 saturated carbocycles. The van der Waals surface area contributed by atoms with Crippen molar-refractivity contribution in [1.29, 1.82) is 0 Å². The first-order valence-corrected chi connectivity index (χ1v) is 7.22. The lowest BCUT2D eigenvalue weighted by Gasteiger charge is -2.18. The van der Waals surface area contributed by atoms with Crippen LogP contribution in [0.3, 0.4) is 0 Å². The van der Waals surface area contributed by atoms with Gasteiger partial charge in [0.05, 0.1) is 11.6 Å². The first kappa shape index (κ1) is 11.8. The highest BCUT2D eigenvalue weighted by molar-refractivity contribution is 9.10. The van der Waals surface area contributed by atoms with Crippen molar-refractivity contribution in [3.05, 3.63) is 40.8 Å². The van der Waals surface area contributed by atoms with Crippen molar-refractivity contribution >= 4 is 38.5 Å². The first-order chi connectivity index (χ1) is 9.74. The molecule has 0 fully saturated rings. The summed E-state index contributed by atoms with van der Waals surface area (Å²) in [6, 6.07) is 6.38. The minimum atomic E-state index is 0.862. The molecule has 4 rings (SSSR count). The number of aryl methyl sites for hydroxylation is 1. The topological polar surface area (TPSA) is 46.8 Å². The van der Waals surface area contributed by atoms with E-state index >= 15 is 0 Å². The molecule has 3 aromatic rings. The summed E-state index contributed by atoms with van der Waals surface area (Å²) in [7, 11) is 1.90. The van der Waals surface area contributed by atoms with Crippen LogP contribution in [0.25, 0.3) is 11.0 Å². The number of halogens is 1. The van der Waals surface area contributed by atoms with Crippen molar-refractivity contribution in [2.45, 2.75) is 6.42 Å². The number of hydrogen-bond donors (Lipinski definition) is 0. The molecule has 1 aliphatic rings. The van der Waals surface area contributed by atoms with Crippen LogP contribution < -0.4 is 4.90 Å². The Morgan fingerprint density at radius 1 is 1.25 bits per heavy atom. The number of benzene rings is 1. The van der Waals surface area contributed by atoms with Crippen molar-refractivity contribution < 1.29 is 0 Å². The van der Waals surface area contributed by atoms with Gasteiger partial charge in [0.2, 0.25) is 0 Å². The van der Waals surface area contributed by atoms with Gasteiger partial charge in [0.25, 0.3) is 0 Å². The Balaban J connectivity index is 1.90. The second-order valence-electron chi connectivity index (χ2n) is 4.88. The molecule has 0 aliphatic carbocycles. The fraction of sp³-hybridized carbons (Fsp3) is 0.214. The van der Waals surface area contributed by atoms with E-state index in [1.807, 2.05) is 13.2 Å². The van der Waals surface area contributed by atoms with Crippen LogP contribution in [0.4, 0.5) is 11.5 Å². The molecular weight excluding hydrogens is 318 g/mol. The fourth-order valence-corrected chi connectivity index (χ4v) is 3.16. The number of rotatable bonds is 1. The Morgan fingerprint density at radius 3 is 3.05 bits per heavy atom. The monoisotopic (exact) mass is 329 g/mol. The normalized spacial score (nSPS) is 14.0. The van der Waals surface area contributed by atoms with Gasteiger partial charge in [0.1, 0.15) is 12.1 Å². The molecule has 0 atom stereocenters. The highest BCUT2D eigenvalue weighted by atomic mass is 79.9. The summed E-state index contributed by atoms with van der Waals surface area (Å²) in [4.78, 5) is 11.0. The maximum Gasteiger partial charge on any atom is 0.163 e. The third-order valence-electron chi connectivity index (χ3n) is 3.70. The highest BCUT2D eigenvalue weighted by Gasteiger charge is 2.23. The van der Waals surface area contributed by atoms with Crippen molar-refractivity contribution in [2.75, 3.05) is 11.4 Å². The average Bonchev–Trinajstić information content (AvgIpc) is 3.03. The van der Waals surface area contributed by atoms with E-state index < -0.39 is 0 Å². The smallest absolute Gasteiger partial charge is 0.163 e. The number of nitrogens with zero attached hydrogens (tertiary/aromatic N) is 5. The summed E-state index contributed by atoms with van der Waals surface area (Å²) in [6.45, 7) is 0.937. The summed E-state index contributed by atoms with van der Waals surface area (Å²) in [5, 5.41) is 5.27. The van der Waals surface area contributed by atoms with E-state index in [1.165, 1.54) is 11.3 Å². The average molecular weight is 330 g/mol. The van der Waals surface area contributed by atoms with Gasteiger partial charge in [-0.05, 0) is 30.2 Å². The number of hydrogen-bond acceptors (Lipinski definition) is 4. The van der Waals surface area contributed by atoms with E-state index in [0.717, 1.165) is 34.3 Å². The molecule has 20 heavy (non-hydrogen) atoms. The zero-order chi connectivity index (χ0) is 13.7. The van der Waals surface area contributed by atoms with Crippen LogP contribution in [0.2, 0.25) is 0 Å². The van der Waals surface area contributed by atoms with Gasteiger partial charge in [-0.2, -0.15) is 5.10 Å². The third-order valence-corrected chi connectivity index (χ3v) is 4.19. The molecule has 3 heterocycles. The van der Waals surface area contributed by atoms with Gasteiger partial charge in [0, 0.05) is 23.8 Å². The molecule has 2 aromatic heterocycles. The summed E-state index contributed by atoms with van der Waals surface area (Å²) in [5.74, 6) is 0.934. The second-order valence-corrected chi connectivity index (χ2v) is 5.79. The molecule has 1 aliphatic heterocycles. The molecule has 0 bridgehead atoms. The second kappa shape index (κ2) is 4.28. The van der Waals surface area contributed by atoms with Crippen molar-refractivity contribution in [3.8, 4) is 0 Å². The van der Waals surface area contributed by atoms with Gasteiger partial charge >= 0.3 is 0 Å². The van der Waals surface area contributed by atoms with Crippen molar-refractivity contribution in [2.24, 2.45) is 7.05 Å². The Morgan fingerprint density at radius 2 is 2.15 bits per heavy atom. The summed E-state index contributed by atoms with van der Waals surface area (Å²) >= 11 is 3.53. The van der Waals surface area contributed by atoms with E-state index in [2.05, 4.69) is 54.1 Å². The van der Waals surface area contributed by atoms with Crippen LogP contribution in [-0.2, 0) is 13.5 Å². The predicted molar refractivity (Wildman–Crippen MR) is 81.2 cm³/mol. The molecule has 0 amide bonds. The maximum atomic E-state index is 4.47. The lowest BCUT2D eigenvalue weighted by molar-refractivity contribution is 0.785. The van der Waals surface area contributed by atoms with E-state index in [1.54, 1.807) is 11.0 Å². The van der Waals surface area contributed by atoms with Crippen LogP contribution in [0, 0.1) is 0 Å². The molecule has 0 radical (unpaired) electrons. The molecule has 0 unspecified atom stereocenters. The number of aromatic nitrogens is 4. The maximum absolute atomic E-state index is 4.47. The SMILES string of the molecule is Cn1ncc2c(N3CCc4cc(Br)ccc43)ncnc21. The standard InChI is InChI=1S/C14H12BrN5/c1-19-13-11(7-18-19)14(17-8-16-13)20-5-4-9-6-10(15)2-3-12(9)20/h2-3,6-8H,4-5H2,1H3. The Kier molecular flexibility index (Phi) is 2.53. The molecule has 6 heteroatoms. The molecule has 0 spiro atoms. The van der Waals surface area contributed by atoms with Gasteiger partial charge in [-0.1, -0.05) is 15.9 Å². The molecule has 0 N–H and O–H groups in total. The van der Waals surface area contributed by atoms with Gasteiger partial charge < -0.3 is 4.90 Å². The Labute approximate surface area is 124 Å². The van der Waals surface area contributed by atoms with Crippen LogP contribution in [0.5, 0.6) is 0 Å². The number of anilines is 2. The summed E-state index contributed by atoms with van der Waals surface area (Å²) in [6.07, 6.45) is 4.47. The van der Waals surface area contributed by atoms with E-state index in [4.69, 9.17) is 0 Å². The number of fused-ring (bicyclic) bond motifs is 2. The summed E-state index contributed by atoms with van der Waals surface area (Å²) in [5.41, 5.74) is 3.42. The van der Waals surface area contributed by atoms with Gasteiger partial charge in [-0.3, -0.25) is 4.68 Å². The van der Waals surface area contributed by atoms with Gasteiger partial charge in [-0.25, -0.2) is 9.97 Å². The minimum absolute atomic E-state index is 0.862. The van der Waals surface area contributed by atoms with Crippen LogP contribution in [0.1, 0.15) is 5.56 Å². The first-order valence-electron chi connectivity index (χ1n) is 6.43. The largest absolute Gasteiger partial charge is 0.325 e. The predicted octanol–water partition coefficient (Wildman–Crippen LogP) is 2.82. The lowest BCUT2D eigenvalue weighted by atomic mass is 10.2. The molecular formula is C14H12BrN5. The van der Waals surface area contributed by atoms with Gasteiger partial charge in [-0.15, -0.1) is 0 Å².